The maximum Gasteiger partial charge on any atom is 0.262 e. The molecule has 2 aromatic carbocycles. The number of anilines is 1. The minimum Gasteiger partial charge on any atom is -0.348 e. The third-order valence-corrected chi connectivity index (χ3v) is 8.50. The summed E-state index contributed by atoms with van der Waals surface area (Å²) >= 11 is 3.32. The van der Waals surface area contributed by atoms with Crippen LogP contribution in [0.5, 0.6) is 0 Å². The predicted molar refractivity (Wildman–Crippen MR) is 137 cm³/mol. The Kier molecular flexibility index (Phi) is 8.69. The molecule has 39 heavy (non-hydrogen) atoms. The molecule has 1 aliphatic rings. The van der Waals surface area contributed by atoms with E-state index in [9.17, 15) is 26.0 Å². The lowest BCUT2D eigenvalue weighted by molar-refractivity contribution is -0.0449. The van der Waals surface area contributed by atoms with Gasteiger partial charge in [0, 0.05) is 49.9 Å². The molecule has 0 aliphatic heterocycles. The van der Waals surface area contributed by atoms with Crippen LogP contribution in [0.25, 0.3) is 11.3 Å². The van der Waals surface area contributed by atoms with Gasteiger partial charge in [-0.25, -0.2) is 30.4 Å². The van der Waals surface area contributed by atoms with Gasteiger partial charge in [-0.05, 0) is 47.0 Å². The molecule has 3 aromatic rings. The van der Waals surface area contributed by atoms with Gasteiger partial charge in [0.1, 0.15) is 5.69 Å². The number of benzene rings is 2. The highest BCUT2D eigenvalue weighted by Crippen LogP contribution is 2.40. The number of halogens is 6. The van der Waals surface area contributed by atoms with Crippen LogP contribution in [0.4, 0.5) is 27.6 Å². The van der Waals surface area contributed by atoms with E-state index in [1.165, 1.54) is 16.8 Å². The largest absolute Gasteiger partial charge is 0.348 e. The Morgan fingerprint density at radius 2 is 1.77 bits per heavy atom. The number of alkyl halides is 4. The van der Waals surface area contributed by atoms with E-state index in [-0.39, 0.29) is 48.5 Å². The summed E-state index contributed by atoms with van der Waals surface area (Å²) in [6.45, 7) is 0. The van der Waals surface area contributed by atoms with Crippen molar-refractivity contribution in [2.75, 3.05) is 18.9 Å². The summed E-state index contributed by atoms with van der Waals surface area (Å²) in [5.41, 5.74) is -1.03. The maximum atomic E-state index is 15.6. The van der Waals surface area contributed by atoms with Crippen molar-refractivity contribution in [3.05, 3.63) is 64.0 Å². The average molecular weight is 638 g/mol. The topological polar surface area (TPSA) is 82.4 Å². The fourth-order valence-electron chi connectivity index (χ4n) is 4.40. The first-order valence-corrected chi connectivity index (χ1v) is 14.1. The van der Waals surface area contributed by atoms with Crippen LogP contribution in [0.1, 0.15) is 55.6 Å². The molecule has 2 unspecified atom stereocenters. The number of aromatic nitrogens is 2. The standard InChI is InChI=1S/C25H25BrF5N3O4S/c1-37-23(28)14-6-7-16(24(29)38-2)20(12-14)39(35,36)33-19-5-3-4-17(21(19)27)22-18(26)13-34(32-22)15-8-10-25(30,31)11-9-15/h3-7,12-13,15,23-24,33H,8-11H2,1-2H3. The van der Waals surface area contributed by atoms with Gasteiger partial charge in [0.15, 0.2) is 5.82 Å². The summed E-state index contributed by atoms with van der Waals surface area (Å²) in [4.78, 5) is -0.668. The van der Waals surface area contributed by atoms with E-state index in [1.54, 1.807) is 6.20 Å². The number of sulfonamides is 1. The lowest BCUT2D eigenvalue weighted by Crippen LogP contribution is -2.26. The highest BCUT2D eigenvalue weighted by atomic mass is 79.9. The first-order valence-electron chi connectivity index (χ1n) is 11.8. The van der Waals surface area contributed by atoms with E-state index >= 15 is 4.39 Å². The van der Waals surface area contributed by atoms with Crippen LogP contribution in [0.15, 0.2) is 52.0 Å². The number of nitrogens with one attached hydrogen (secondary N) is 1. The van der Waals surface area contributed by atoms with Gasteiger partial charge in [-0.2, -0.15) is 5.10 Å². The Morgan fingerprint density at radius 3 is 2.41 bits per heavy atom. The van der Waals surface area contributed by atoms with Crippen LogP contribution in [0.3, 0.4) is 0 Å². The minimum atomic E-state index is -4.66. The van der Waals surface area contributed by atoms with Gasteiger partial charge in [0.2, 0.25) is 18.6 Å². The second-order valence-electron chi connectivity index (χ2n) is 9.07. The van der Waals surface area contributed by atoms with Crippen molar-refractivity contribution in [2.24, 2.45) is 0 Å². The van der Waals surface area contributed by atoms with Gasteiger partial charge in [0.05, 0.1) is 21.1 Å². The van der Waals surface area contributed by atoms with Gasteiger partial charge in [-0.1, -0.05) is 18.2 Å². The quantitative estimate of drug-likeness (QED) is 0.250. The number of ether oxygens (including phenoxy) is 2. The van der Waals surface area contributed by atoms with Gasteiger partial charge < -0.3 is 9.47 Å². The Balaban J connectivity index is 1.68. The summed E-state index contributed by atoms with van der Waals surface area (Å²) < 4.78 is 111. The van der Waals surface area contributed by atoms with E-state index in [1.807, 2.05) is 0 Å². The van der Waals surface area contributed by atoms with Crippen molar-refractivity contribution in [3.63, 3.8) is 0 Å². The zero-order valence-corrected chi connectivity index (χ0v) is 23.2. The fourth-order valence-corrected chi connectivity index (χ4v) is 6.22. The molecule has 0 amide bonds. The Labute approximate surface area is 230 Å². The van der Waals surface area contributed by atoms with Crippen LogP contribution in [0, 0.1) is 5.82 Å². The van der Waals surface area contributed by atoms with Crippen LogP contribution in [-0.2, 0) is 19.5 Å². The Bertz CT molecular complexity index is 1440. The third kappa shape index (κ3) is 6.28. The van der Waals surface area contributed by atoms with Crippen molar-refractivity contribution in [1.82, 2.24) is 9.78 Å². The zero-order chi connectivity index (χ0) is 28.5. The summed E-state index contributed by atoms with van der Waals surface area (Å²) in [6, 6.07) is 6.69. The summed E-state index contributed by atoms with van der Waals surface area (Å²) in [5, 5.41) is 4.38. The molecular formula is C25H25BrF5N3O4S. The first kappa shape index (κ1) is 29.4. The van der Waals surface area contributed by atoms with Gasteiger partial charge in [0.25, 0.3) is 10.0 Å². The minimum absolute atomic E-state index is 0.0700. The average Bonchev–Trinajstić information content (AvgIpc) is 3.29. The van der Waals surface area contributed by atoms with Crippen molar-refractivity contribution in [1.29, 1.82) is 0 Å². The number of hydrogen-bond acceptors (Lipinski definition) is 5. The lowest BCUT2D eigenvalue weighted by atomic mass is 9.92. The highest BCUT2D eigenvalue weighted by Gasteiger charge is 2.36. The fraction of sp³-hybridized carbons (Fsp3) is 0.400. The van der Waals surface area contributed by atoms with Crippen molar-refractivity contribution in [2.45, 2.75) is 55.3 Å². The molecule has 1 aliphatic carbocycles. The van der Waals surface area contributed by atoms with Crippen LogP contribution >= 0.6 is 15.9 Å². The lowest BCUT2D eigenvalue weighted by Gasteiger charge is -2.28. The number of methoxy groups -OCH3 is 2. The zero-order valence-electron chi connectivity index (χ0n) is 20.8. The maximum absolute atomic E-state index is 15.6. The SMILES string of the molecule is COC(F)c1ccc(C(F)OC)c(S(=O)(=O)Nc2cccc(-c3nn(C4CCC(F)(F)CC4)cc3Br)c2F)c1. The molecular weight excluding hydrogens is 613 g/mol. The molecule has 1 N–H and O–H groups in total. The summed E-state index contributed by atoms with van der Waals surface area (Å²) in [5.74, 6) is -3.70. The third-order valence-electron chi connectivity index (χ3n) is 6.49. The molecule has 7 nitrogen and oxygen atoms in total. The second kappa shape index (κ2) is 11.5. The number of nitrogens with zero attached hydrogens (tertiary/aromatic N) is 2. The molecule has 1 heterocycles. The molecule has 1 aromatic heterocycles. The van der Waals surface area contributed by atoms with E-state index in [4.69, 9.17) is 0 Å². The normalized spacial score (nSPS) is 17.6. The molecule has 0 bridgehead atoms. The van der Waals surface area contributed by atoms with Crippen molar-refractivity contribution >= 4 is 31.6 Å². The van der Waals surface area contributed by atoms with Crippen LogP contribution in [0.2, 0.25) is 0 Å². The van der Waals surface area contributed by atoms with Crippen molar-refractivity contribution < 1.29 is 39.8 Å². The molecule has 0 saturated heterocycles. The van der Waals surface area contributed by atoms with E-state index in [2.05, 4.69) is 35.2 Å². The second-order valence-corrected chi connectivity index (χ2v) is 11.6. The number of rotatable bonds is 9. The van der Waals surface area contributed by atoms with E-state index in [0.29, 0.717) is 4.47 Å². The molecule has 212 valence electrons. The van der Waals surface area contributed by atoms with Gasteiger partial charge >= 0.3 is 0 Å². The van der Waals surface area contributed by atoms with Gasteiger partial charge in [-0.3, -0.25) is 9.40 Å². The van der Waals surface area contributed by atoms with Crippen LogP contribution in [-0.4, -0.2) is 38.3 Å². The Morgan fingerprint density at radius 1 is 1.10 bits per heavy atom. The van der Waals surface area contributed by atoms with E-state index in [0.717, 1.165) is 38.5 Å². The van der Waals surface area contributed by atoms with E-state index < -0.39 is 50.6 Å². The molecule has 1 saturated carbocycles. The van der Waals surface area contributed by atoms with Crippen LogP contribution < -0.4 is 4.72 Å². The molecule has 0 spiro atoms. The monoisotopic (exact) mass is 637 g/mol. The number of hydrogen-bond donors (Lipinski definition) is 1. The molecule has 4 rings (SSSR count). The molecule has 14 heteroatoms. The van der Waals surface area contributed by atoms with Gasteiger partial charge in [-0.15, -0.1) is 0 Å². The highest BCUT2D eigenvalue weighted by molar-refractivity contribution is 9.10. The summed E-state index contributed by atoms with van der Waals surface area (Å²) in [6.07, 6.45) is -2.76. The molecule has 0 radical (unpaired) electrons. The predicted octanol–water partition coefficient (Wildman–Crippen LogP) is 7.23. The molecule has 1 fully saturated rings. The first-order chi connectivity index (χ1) is 18.4. The summed E-state index contributed by atoms with van der Waals surface area (Å²) in [7, 11) is -2.56. The smallest absolute Gasteiger partial charge is 0.262 e. The molecule has 2 atom stereocenters. The Hall–Kier alpha value is -2.55. The van der Waals surface area contributed by atoms with Crippen molar-refractivity contribution in [3.8, 4) is 11.3 Å².